The monoisotopic (exact) mass is 329 g/mol. The van der Waals surface area contributed by atoms with Crippen LogP contribution < -0.4 is 5.32 Å². The van der Waals surface area contributed by atoms with Gasteiger partial charge in [-0.2, -0.15) is 0 Å². The standard InChI is InChI=1S/C14H16ClNO4S/c1-3-19-13(17)11(14(18)20-4-2)12(21)16-10-7-5-9(15)6-8-10/h5-8,17H,3-4H2,1-2H3,(H,16,21)/b13-11-. The molecule has 114 valence electrons. The van der Waals surface area contributed by atoms with Crippen LogP contribution in [0.2, 0.25) is 5.02 Å². The summed E-state index contributed by atoms with van der Waals surface area (Å²) in [4.78, 5) is 11.9. The van der Waals surface area contributed by atoms with Crippen molar-refractivity contribution in [3.8, 4) is 0 Å². The average Bonchev–Trinajstić information content (AvgIpc) is 2.42. The highest BCUT2D eigenvalue weighted by molar-refractivity contribution is 7.81. The summed E-state index contributed by atoms with van der Waals surface area (Å²) < 4.78 is 9.80. The first kappa shape index (κ1) is 17.3. The van der Waals surface area contributed by atoms with E-state index < -0.39 is 11.9 Å². The highest BCUT2D eigenvalue weighted by Gasteiger charge is 2.23. The van der Waals surface area contributed by atoms with Gasteiger partial charge in [0.2, 0.25) is 0 Å². The Balaban J connectivity index is 2.97. The minimum atomic E-state index is -0.755. The summed E-state index contributed by atoms with van der Waals surface area (Å²) >= 11 is 10.9. The van der Waals surface area contributed by atoms with Gasteiger partial charge in [-0.3, -0.25) is 0 Å². The second-order valence-corrected chi connectivity index (χ2v) is 4.64. The lowest BCUT2D eigenvalue weighted by Crippen LogP contribution is -2.23. The number of esters is 1. The number of anilines is 1. The number of rotatable bonds is 6. The molecule has 2 N–H and O–H groups in total. The molecule has 0 spiro atoms. The third-order valence-corrected chi connectivity index (χ3v) is 2.86. The number of aliphatic hydroxyl groups excluding tert-OH is 1. The molecule has 0 saturated heterocycles. The summed E-state index contributed by atoms with van der Waals surface area (Å²) in [5.41, 5.74) is 0.402. The highest BCUT2D eigenvalue weighted by Crippen LogP contribution is 2.16. The van der Waals surface area contributed by atoms with Crippen molar-refractivity contribution in [3.63, 3.8) is 0 Å². The number of benzene rings is 1. The van der Waals surface area contributed by atoms with Crippen LogP contribution in [0, 0.1) is 0 Å². The Morgan fingerprint density at radius 3 is 2.33 bits per heavy atom. The van der Waals surface area contributed by atoms with Crippen LogP contribution in [0.1, 0.15) is 13.8 Å². The Kier molecular flexibility index (Phi) is 6.98. The minimum Gasteiger partial charge on any atom is -0.480 e. The maximum atomic E-state index is 11.9. The van der Waals surface area contributed by atoms with Gasteiger partial charge < -0.3 is 19.9 Å². The molecule has 0 amide bonds. The fraction of sp³-hybridized carbons (Fsp3) is 0.286. The molecule has 7 heteroatoms. The van der Waals surface area contributed by atoms with E-state index in [9.17, 15) is 9.90 Å². The first-order valence-electron chi connectivity index (χ1n) is 6.29. The van der Waals surface area contributed by atoms with Crippen LogP contribution in [-0.2, 0) is 14.3 Å². The Morgan fingerprint density at radius 2 is 1.81 bits per heavy atom. The van der Waals surface area contributed by atoms with Gasteiger partial charge in [-0.15, -0.1) is 0 Å². The van der Waals surface area contributed by atoms with Gasteiger partial charge in [-0.1, -0.05) is 23.8 Å². The van der Waals surface area contributed by atoms with E-state index in [1.54, 1.807) is 38.1 Å². The SMILES string of the molecule is CCOC(=O)/C(C(=S)Nc1ccc(Cl)cc1)=C(/O)OCC. The lowest BCUT2D eigenvalue weighted by molar-refractivity contribution is -0.138. The predicted octanol–water partition coefficient (Wildman–Crippen LogP) is 3.45. The van der Waals surface area contributed by atoms with Gasteiger partial charge in [0.05, 0.1) is 13.2 Å². The fourth-order valence-corrected chi connectivity index (χ4v) is 1.83. The van der Waals surface area contributed by atoms with Crippen LogP contribution in [-0.4, -0.2) is 29.3 Å². The maximum absolute atomic E-state index is 11.9. The number of halogens is 1. The van der Waals surface area contributed by atoms with Crippen molar-refractivity contribution in [1.29, 1.82) is 0 Å². The summed E-state index contributed by atoms with van der Waals surface area (Å²) in [6.07, 6.45) is 0. The second-order valence-electron chi connectivity index (χ2n) is 3.79. The van der Waals surface area contributed by atoms with Crippen LogP contribution >= 0.6 is 23.8 Å². The fourth-order valence-electron chi connectivity index (χ4n) is 1.42. The second kappa shape index (κ2) is 8.49. The largest absolute Gasteiger partial charge is 0.480 e. The van der Waals surface area contributed by atoms with Crippen molar-refractivity contribution in [3.05, 3.63) is 40.8 Å². The van der Waals surface area contributed by atoms with Crippen LogP contribution in [0.15, 0.2) is 35.8 Å². The van der Waals surface area contributed by atoms with E-state index in [4.69, 9.17) is 33.3 Å². The number of hydrogen-bond acceptors (Lipinski definition) is 5. The van der Waals surface area contributed by atoms with Crippen LogP contribution in [0.5, 0.6) is 0 Å². The molecule has 0 radical (unpaired) electrons. The van der Waals surface area contributed by atoms with Crippen molar-refractivity contribution >= 4 is 40.5 Å². The predicted molar refractivity (Wildman–Crippen MR) is 85.6 cm³/mol. The number of ether oxygens (including phenoxy) is 2. The number of carbonyl (C=O) groups is 1. The zero-order chi connectivity index (χ0) is 15.8. The number of hydrogen-bond donors (Lipinski definition) is 2. The molecular formula is C14H16ClNO4S. The van der Waals surface area contributed by atoms with Gasteiger partial charge in [0.25, 0.3) is 5.95 Å². The van der Waals surface area contributed by atoms with Crippen molar-refractivity contribution in [2.24, 2.45) is 0 Å². The molecular weight excluding hydrogens is 314 g/mol. The smallest absolute Gasteiger partial charge is 0.348 e. The van der Waals surface area contributed by atoms with E-state index in [2.05, 4.69) is 5.32 Å². The topological polar surface area (TPSA) is 67.8 Å². The summed E-state index contributed by atoms with van der Waals surface area (Å²) in [6, 6.07) is 6.72. The third-order valence-electron chi connectivity index (χ3n) is 2.30. The van der Waals surface area contributed by atoms with E-state index in [0.29, 0.717) is 10.7 Å². The van der Waals surface area contributed by atoms with Crippen LogP contribution in [0.25, 0.3) is 0 Å². The quantitative estimate of drug-likeness (QED) is 0.360. The van der Waals surface area contributed by atoms with Gasteiger partial charge in [0, 0.05) is 10.7 Å². The van der Waals surface area contributed by atoms with Gasteiger partial charge in [0.1, 0.15) is 4.99 Å². The molecule has 1 aromatic rings. The Bertz CT molecular complexity index is 542. The normalized spacial score (nSPS) is 11.4. The first-order chi connectivity index (χ1) is 9.99. The molecule has 1 aromatic carbocycles. The molecule has 21 heavy (non-hydrogen) atoms. The van der Waals surface area contributed by atoms with Crippen molar-refractivity contribution in [1.82, 2.24) is 0 Å². The van der Waals surface area contributed by atoms with E-state index in [-0.39, 0.29) is 23.8 Å². The molecule has 0 heterocycles. The Hall–Kier alpha value is -1.79. The zero-order valence-electron chi connectivity index (χ0n) is 11.7. The van der Waals surface area contributed by atoms with Crippen molar-refractivity contribution < 1.29 is 19.4 Å². The van der Waals surface area contributed by atoms with Crippen molar-refractivity contribution in [2.45, 2.75) is 13.8 Å². The average molecular weight is 330 g/mol. The molecule has 0 unspecified atom stereocenters. The van der Waals surface area contributed by atoms with Crippen LogP contribution in [0.3, 0.4) is 0 Å². The van der Waals surface area contributed by atoms with Gasteiger partial charge in [-0.25, -0.2) is 4.79 Å². The highest BCUT2D eigenvalue weighted by atomic mass is 35.5. The molecule has 0 bridgehead atoms. The number of thiocarbonyl (C=S) groups is 1. The molecule has 0 saturated carbocycles. The third kappa shape index (κ3) is 5.24. The van der Waals surface area contributed by atoms with E-state index in [1.807, 2.05) is 0 Å². The molecule has 0 aliphatic rings. The lowest BCUT2D eigenvalue weighted by Gasteiger charge is -2.13. The zero-order valence-corrected chi connectivity index (χ0v) is 13.3. The molecule has 0 fully saturated rings. The van der Waals surface area contributed by atoms with Gasteiger partial charge in [-0.05, 0) is 38.1 Å². The molecule has 0 aliphatic carbocycles. The van der Waals surface area contributed by atoms with E-state index >= 15 is 0 Å². The lowest BCUT2D eigenvalue weighted by atomic mass is 10.2. The van der Waals surface area contributed by atoms with Crippen LogP contribution in [0.4, 0.5) is 5.69 Å². The summed E-state index contributed by atoms with van der Waals surface area (Å²) in [5, 5.41) is 13.2. The maximum Gasteiger partial charge on any atom is 0.348 e. The Morgan fingerprint density at radius 1 is 1.24 bits per heavy atom. The first-order valence-corrected chi connectivity index (χ1v) is 7.08. The number of carbonyl (C=O) groups excluding carboxylic acids is 1. The minimum absolute atomic E-state index is 0.00159. The molecule has 0 aliphatic heterocycles. The van der Waals surface area contributed by atoms with Gasteiger partial charge in [0.15, 0.2) is 5.57 Å². The summed E-state index contributed by atoms with van der Waals surface area (Å²) in [5.74, 6) is -1.32. The van der Waals surface area contributed by atoms with E-state index in [1.165, 1.54) is 0 Å². The summed E-state index contributed by atoms with van der Waals surface area (Å²) in [6.45, 7) is 3.68. The Labute approximate surface area is 133 Å². The molecule has 0 aromatic heterocycles. The van der Waals surface area contributed by atoms with Gasteiger partial charge >= 0.3 is 5.97 Å². The molecule has 1 rings (SSSR count). The van der Waals surface area contributed by atoms with Crippen molar-refractivity contribution in [2.75, 3.05) is 18.5 Å². The molecule has 0 atom stereocenters. The number of aliphatic hydroxyl groups is 1. The van der Waals surface area contributed by atoms with E-state index in [0.717, 1.165) is 0 Å². The summed E-state index contributed by atoms with van der Waals surface area (Å²) in [7, 11) is 0. The molecule has 5 nitrogen and oxygen atoms in total. The number of nitrogens with one attached hydrogen (secondary N) is 1.